The minimum Gasteiger partial charge on any atom is -0.365 e. The number of aromatic nitrogens is 2. The van der Waals surface area contributed by atoms with Gasteiger partial charge in [-0.05, 0) is 49.4 Å². The van der Waals surface area contributed by atoms with Gasteiger partial charge in [-0.3, -0.25) is 0 Å². The van der Waals surface area contributed by atoms with Crippen molar-refractivity contribution in [2.45, 2.75) is 52.0 Å². The molecule has 0 spiro atoms. The molecular weight excluding hydrogens is 418 g/mol. The Morgan fingerprint density at radius 1 is 0.706 bits per heavy atom. The molecule has 5 heteroatoms. The van der Waals surface area contributed by atoms with Gasteiger partial charge >= 0.3 is 0 Å². The van der Waals surface area contributed by atoms with E-state index in [-0.39, 0.29) is 5.41 Å². The summed E-state index contributed by atoms with van der Waals surface area (Å²) >= 11 is 0. The Labute approximate surface area is 203 Å². The molecule has 0 aliphatic carbocycles. The molecule has 3 aromatic rings. The molecule has 0 bridgehead atoms. The zero-order valence-electron chi connectivity index (χ0n) is 20.7. The van der Waals surface area contributed by atoms with Gasteiger partial charge in [0.05, 0.1) is 12.2 Å². The van der Waals surface area contributed by atoms with Gasteiger partial charge < -0.3 is 14.7 Å². The molecule has 0 N–H and O–H groups in total. The molecule has 6 rings (SSSR count). The summed E-state index contributed by atoms with van der Waals surface area (Å²) in [4.78, 5) is 17.3. The van der Waals surface area contributed by atoms with Crippen molar-refractivity contribution < 1.29 is 0 Å². The minimum atomic E-state index is -0.0216. The maximum atomic E-state index is 5.06. The summed E-state index contributed by atoms with van der Waals surface area (Å²) in [5.74, 6) is 2.14. The first kappa shape index (κ1) is 21.5. The first-order valence-corrected chi connectivity index (χ1v) is 12.8. The standard InChI is InChI=1S/C29H35N5/c1-21-6-8-22(9-7-21)29(2,3)23-10-12-24(13-11-23)34-19-14-25-26(20-34)30-28(33-17-5-18-33)31-27(25)32-15-4-16-32/h6-13H,4-5,14-20H2,1-3H3. The van der Waals surface area contributed by atoms with Crippen LogP contribution < -0.4 is 14.7 Å². The third kappa shape index (κ3) is 3.71. The SMILES string of the molecule is Cc1ccc(C(C)(C)c2ccc(N3CCc4c(nc(N5CCC5)nc4N4CCC4)C3)cc2)cc1. The molecular formula is C29H35N5. The number of hydrogen-bond acceptors (Lipinski definition) is 5. The van der Waals surface area contributed by atoms with Crippen LogP contribution in [0.4, 0.5) is 17.5 Å². The van der Waals surface area contributed by atoms with E-state index >= 15 is 0 Å². The smallest absolute Gasteiger partial charge is 0.227 e. The summed E-state index contributed by atoms with van der Waals surface area (Å²) in [6.45, 7) is 13.1. The van der Waals surface area contributed by atoms with Crippen LogP contribution in [0.2, 0.25) is 0 Å². The van der Waals surface area contributed by atoms with Crippen LogP contribution in [0, 0.1) is 6.92 Å². The van der Waals surface area contributed by atoms with E-state index in [1.807, 2.05) is 0 Å². The lowest BCUT2D eigenvalue weighted by molar-refractivity contribution is 0.575. The Hall–Kier alpha value is -3.08. The van der Waals surface area contributed by atoms with Crippen LogP contribution in [0.1, 0.15) is 54.6 Å². The number of fused-ring (bicyclic) bond motifs is 1. The average molecular weight is 454 g/mol. The number of rotatable bonds is 5. The lowest BCUT2D eigenvalue weighted by Crippen LogP contribution is -2.43. The van der Waals surface area contributed by atoms with Gasteiger partial charge in [-0.15, -0.1) is 0 Å². The fourth-order valence-electron chi connectivity index (χ4n) is 5.29. The minimum absolute atomic E-state index is 0.0216. The Bertz CT molecular complexity index is 1170. The number of aryl methyl sites for hydroxylation is 1. The molecule has 3 aliphatic rings. The van der Waals surface area contributed by atoms with E-state index < -0.39 is 0 Å². The van der Waals surface area contributed by atoms with Gasteiger partial charge in [-0.2, -0.15) is 4.98 Å². The summed E-state index contributed by atoms with van der Waals surface area (Å²) in [5.41, 5.74) is 7.85. The second-order valence-electron chi connectivity index (χ2n) is 10.7. The zero-order chi connectivity index (χ0) is 23.3. The third-order valence-electron chi connectivity index (χ3n) is 8.05. The molecule has 4 heterocycles. The molecule has 2 aromatic carbocycles. The zero-order valence-corrected chi connectivity index (χ0v) is 20.7. The Morgan fingerprint density at radius 3 is 1.91 bits per heavy atom. The highest BCUT2D eigenvalue weighted by molar-refractivity contribution is 5.59. The van der Waals surface area contributed by atoms with Crippen LogP contribution in [-0.4, -0.2) is 42.7 Å². The Kier molecular flexibility index (Phi) is 5.23. The van der Waals surface area contributed by atoms with Gasteiger partial charge in [-0.25, -0.2) is 4.98 Å². The van der Waals surface area contributed by atoms with Gasteiger partial charge in [0.2, 0.25) is 5.95 Å². The summed E-state index contributed by atoms with van der Waals surface area (Å²) in [6.07, 6.45) is 3.53. The molecule has 2 saturated heterocycles. The van der Waals surface area contributed by atoms with Crippen LogP contribution in [-0.2, 0) is 18.4 Å². The molecule has 2 fully saturated rings. The van der Waals surface area contributed by atoms with Gasteiger partial charge in [0.25, 0.3) is 0 Å². The number of hydrogen-bond donors (Lipinski definition) is 0. The first-order chi connectivity index (χ1) is 16.5. The van der Waals surface area contributed by atoms with Crippen molar-refractivity contribution in [1.82, 2.24) is 9.97 Å². The van der Waals surface area contributed by atoms with E-state index in [9.17, 15) is 0 Å². The average Bonchev–Trinajstić information content (AvgIpc) is 2.77. The third-order valence-corrected chi connectivity index (χ3v) is 8.05. The molecule has 5 nitrogen and oxygen atoms in total. The predicted molar refractivity (Wildman–Crippen MR) is 140 cm³/mol. The quantitative estimate of drug-likeness (QED) is 0.537. The van der Waals surface area contributed by atoms with Crippen LogP contribution >= 0.6 is 0 Å². The monoisotopic (exact) mass is 453 g/mol. The fourth-order valence-corrected chi connectivity index (χ4v) is 5.29. The van der Waals surface area contributed by atoms with Crippen molar-refractivity contribution in [3.8, 4) is 0 Å². The van der Waals surface area contributed by atoms with Gasteiger partial charge in [0, 0.05) is 49.4 Å². The number of nitrogens with zero attached hydrogens (tertiary/aromatic N) is 5. The number of anilines is 3. The van der Waals surface area contributed by atoms with E-state index in [1.54, 1.807) is 0 Å². The van der Waals surface area contributed by atoms with Crippen molar-refractivity contribution in [3.63, 3.8) is 0 Å². The fraction of sp³-hybridized carbons (Fsp3) is 0.448. The van der Waals surface area contributed by atoms with E-state index in [4.69, 9.17) is 9.97 Å². The maximum absolute atomic E-state index is 5.06. The highest BCUT2D eigenvalue weighted by Gasteiger charge is 2.30. The summed E-state index contributed by atoms with van der Waals surface area (Å²) in [5, 5.41) is 0. The summed E-state index contributed by atoms with van der Waals surface area (Å²) < 4.78 is 0. The molecule has 0 amide bonds. The molecule has 176 valence electrons. The van der Waals surface area contributed by atoms with Crippen LogP contribution in [0.25, 0.3) is 0 Å². The highest BCUT2D eigenvalue weighted by Crippen LogP contribution is 2.36. The number of benzene rings is 2. The van der Waals surface area contributed by atoms with E-state index in [2.05, 4.69) is 84.0 Å². The topological polar surface area (TPSA) is 35.5 Å². The molecule has 3 aliphatic heterocycles. The second kappa shape index (κ2) is 8.30. The molecule has 34 heavy (non-hydrogen) atoms. The highest BCUT2D eigenvalue weighted by atomic mass is 15.3. The van der Waals surface area contributed by atoms with Crippen molar-refractivity contribution >= 4 is 17.5 Å². The lowest BCUT2D eigenvalue weighted by atomic mass is 9.78. The van der Waals surface area contributed by atoms with E-state index in [0.717, 1.165) is 51.6 Å². The van der Waals surface area contributed by atoms with E-state index in [1.165, 1.54) is 52.3 Å². The van der Waals surface area contributed by atoms with Gasteiger partial charge in [0.1, 0.15) is 5.82 Å². The van der Waals surface area contributed by atoms with Crippen LogP contribution in [0.3, 0.4) is 0 Å². The molecule has 0 unspecified atom stereocenters. The van der Waals surface area contributed by atoms with E-state index in [0.29, 0.717) is 0 Å². The molecule has 1 aromatic heterocycles. The second-order valence-corrected chi connectivity index (χ2v) is 10.7. The summed E-state index contributed by atoms with van der Waals surface area (Å²) in [6, 6.07) is 18.1. The van der Waals surface area contributed by atoms with Crippen LogP contribution in [0.5, 0.6) is 0 Å². The first-order valence-electron chi connectivity index (χ1n) is 12.8. The van der Waals surface area contributed by atoms with Gasteiger partial charge in [-0.1, -0.05) is 55.8 Å². The van der Waals surface area contributed by atoms with Crippen molar-refractivity contribution in [2.75, 3.05) is 47.4 Å². The molecule has 0 atom stereocenters. The van der Waals surface area contributed by atoms with Crippen molar-refractivity contribution in [1.29, 1.82) is 0 Å². The predicted octanol–water partition coefficient (Wildman–Crippen LogP) is 5.09. The van der Waals surface area contributed by atoms with Gasteiger partial charge in [0.15, 0.2) is 0 Å². The molecule has 0 radical (unpaired) electrons. The summed E-state index contributed by atoms with van der Waals surface area (Å²) in [7, 11) is 0. The maximum Gasteiger partial charge on any atom is 0.227 e. The lowest BCUT2D eigenvalue weighted by Gasteiger charge is -2.39. The molecule has 0 saturated carbocycles. The Balaban J connectivity index is 1.25. The largest absolute Gasteiger partial charge is 0.365 e. The van der Waals surface area contributed by atoms with Crippen LogP contribution in [0.15, 0.2) is 48.5 Å². The Morgan fingerprint density at radius 2 is 1.32 bits per heavy atom. The van der Waals surface area contributed by atoms with Crippen molar-refractivity contribution in [2.24, 2.45) is 0 Å². The normalized spacial score (nSPS) is 17.8. The van der Waals surface area contributed by atoms with Crippen molar-refractivity contribution in [3.05, 3.63) is 76.5 Å².